The van der Waals surface area contributed by atoms with Crippen LogP contribution in [0.2, 0.25) is 0 Å². The van der Waals surface area contributed by atoms with Crippen molar-refractivity contribution in [1.82, 2.24) is 10.1 Å². The Morgan fingerprint density at radius 2 is 2.03 bits per heavy atom. The van der Waals surface area contributed by atoms with Gasteiger partial charge in [-0.05, 0) is 66.5 Å². The average Bonchev–Trinajstić information content (AvgIpc) is 3.38. The molecule has 1 saturated carbocycles. The zero-order valence-corrected chi connectivity index (χ0v) is 18.9. The molecular weight excluding hydrogens is 531 g/mol. The molecule has 0 amide bonds. The van der Waals surface area contributed by atoms with Crippen molar-refractivity contribution in [3.05, 3.63) is 50.3 Å². The van der Waals surface area contributed by atoms with Gasteiger partial charge in [0.15, 0.2) is 17.1 Å². The standard InChI is InChI=1S/C19H18F2IN3O4S/c1-10-16-17(24-29-10)15(21)13(8-11-2-3-12(22)9-14(11)20)18(23-16)25-30(27,28)19(4-5-19)6-7-26/h2-3,9,26H,4-8H2,1H3,(H,23,25). The van der Waals surface area contributed by atoms with Gasteiger partial charge in [-0.3, -0.25) is 4.72 Å². The molecule has 0 radical (unpaired) electrons. The van der Waals surface area contributed by atoms with E-state index in [0.717, 1.165) is 0 Å². The molecule has 160 valence electrons. The van der Waals surface area contributed by atoms with Crippen molar-refractivity contribution in [3.63, 3.8) is 0 Å². The normalized spacial score (nSPS) is 15.5. The van der Waals surface area contributed by atoms with Crippen LogP contribution in [-0.2, 0) is 16.4 Å². The van der Waals surface area contributed by atoms with Gasteiger partial charge in [0.1, 0.15) is 17.2 Å². The van der Waals surface area contributed by atoms with Crippen LogP contribution in [0, 0.1) is 22.1 Å². The summed E-state index contributed by atoms with van der Waals surface area (Å²) in [4.78, 5) is 4.25. The van der Waals surface area contributed by atoms with Gasteiger partial charge in [0, 0.05) is 22.2 Å². The third kappa shape index (κ3) is 3.66. The van der Waals surface area contributed by atoms with Crippen LogP contribution in [0.1, 0.15) is 36.1 Å². The van der Waals surface area contributed by atoms with Crippen molar-refractivity contribution in [2.75, 3.05) is 11.3 Å². The molecule has 30 heavy (non-hydrogen) atoms. The molecule has 0 aliphatic heterocycles. The molecule has 1 fully saturated rings. The second-order valence-electron chi connectivity index (χ2n) is 7.36. The Hall–Kier alpha value is -1.86. The van der Waals surface area contributed by atoms with E-state index in [0.29, 0.717) is 16.4 Å². The van der Waals surface area contributed by atoms with E-state index in [9.17, 15) is 17.9 Å². The van der Waals surface area contributed by atoms with Gasteiger partial charge >= 0.3 is 0 Å². The van der Waals surface area contributed by atoms with Crippen LogP contribution in [0.4, 0.5) is 14.6 Å². The van der Waals surface area contributed by atoms with Crippen molar-refractivity contribution >= 4 is 49.5 Å². The second kappa shape index (κ2) is 7.68. The van der Waals surface area contributed by atoms with Crippen molar-refractivity contribution < 1.29 is 26.8 Å². The van der Waals surface area contributed by atoms with Gasteiger partial charge in [-0.15, -0.1) is 0 Å². The molecule has 2 N–H and O–H groups in total. The molecule has 0 spiro atoms. The summed E-state index contributed by atoms with van der Waals surface area (Å²) in [7, 11) is -3.96. The number of pyridine rings is 1. The average molecular weight is 549 g/mol. The van der Waals surface area contributed by atoms with E-state index >= 15 is 4.39 Å². The van der Waals surface area contributed by atoms with Crippen LogP contribution in [0.15, 0.2) is 22.7 Å². The number of aryl methyl sites for hydroxylation is 1. The second-order valence-corrected chi connectivity index (χ2v) is 10.7. The first kappa shape index (κ1) is 21.4. The number of nitrogens with one attached hydrogen (secondary N) is 1. The predicted molar refractivity (Wildman–Crippen MR) is 115 cm³/mol. The predicted octanol–water partition coefficient (Wildman–Crippen LogP) is 3.66. The summed E-state index contributed by atoms with van der Waals surface area (Å²) in [5.74, 6) is -1.36. The summed E-state index contributed by atoms with van der Waals surface area (Å²) in [6.07, 6.45) is 0.622. The maximum Gasteiger partial charge on any atom is 0.239 e. The third-order valence-corrected chi connectivity index (χ3v) is 8.26. The van der Waals surface area contributed by atoms with Crippen molar-refractivity contribution in [2.45, 2.75) is 37.4 Å². The Morgan fingerprint density at radius 3 is 2.67 bits per heavy atom. The highest BCUT2D eigenvalue weighted by molar-refractivity contribution is 14.1. The highest BCUT2D eigenvalue weighted by Gasteiger charge is 2.54. The zero-order chi connectivity index (χ0) is 21.7. The number of nitrogens with zero attached hydrogens (tertiary/aromatic N) is 2. The maximum atomic E-state index is 15.3. The number of sulfonamides is 1. The molecule has 1 aliphatic carbocycles. The molecule has 7 nitrogen and oxygen atoms in total. The van der Waals surface area contributed by atoms with Crippen LogP contribution in [-0.4, -0.2) is 35.0 Å². The van der Waals surface area contributed by atoms with Crippen LogP contribution in [0.3, 0.4) is 0 Å². The van der Waals surface area contributed by atoms with Crippen molar-refractivity contribution in [2.24, 2.45) is 0 Å². The van der Waals surface area contributed by atoms with Crippen molar-refractivity contribution in [3.8, 4) is 0 Å². The highest BCUT2D eigenvalue weighted by atomic mass is 127. The van der Waals surface area contributed by atoms with Gasteiger partial charge in [-0.1, -0.05) is 11.2 Å². The molecule has 0 saturated heterocycles. The Bertz CT molecular complexity index is 1240. The number of halogens is 3. The number of rotatable bonds is 7. The number of anilines is 1. The molecule has 11 heteroatoms. The highest BCUT2D eigenvalue weighted by Crippen LogP contribution is 2.47. The first-order valence-corrected chi connectivity index (χ1v) is 11.7. The Labute approximate surface area is 185 Å². The monoisotopic (exact) mass is 549 g/mol. The molecule has 4 rings (SSSR count). The Balaban J connectivity index is 1.83. The minimum Gasteiger partial charge on any atom is -0.396 e. The first-order valence-electron chi connectivity index (χ1n) is 9.19. The lowest BCUT2D eigenvalue weighted by atomic mass is 10.0. The lowest BCUT2D eigenvalue weighted by Crippen LogP contribution is -2.31. The van der Waals surface area contributed by atoms with E-state index in [1.807, 2.05) is 22.6 Å². The Morgan fingerprint density at radius 1 is 1.30 bits per heavy atom. The van der Waals surface area contributed by atoms with Gasteiger partial charge < -0.3 is 9.63 Å². The van der Waals surface area contributed by atoms with Crippen LogP contribution in [0.5, 0.6) is 0 Å². The third-order valence-electron chi connectivity index (χ3n) is 5.37. The van der Waals surface area contributed by atoms with E-state index in [1.165, 1.54) is 19.1 Å². The Kier molecular flexibility index (Phi) is 5.47. The molecule has 2 heterocycles. The summed E-state index contributed by atoms with van der Waals surface area (Å²) in [5.41, 5.74) is 0.00352. The molecule has 2 aromatic heterocycles. The minimum atomic E-state index is -3.96. The number of hydrogen-bond donors (Lipinski definition) is 2. The lowest BCUT2D eigenvalue weighted by Gasteiger charge is -2.18. The summed E-state index contributed by atoms with van der Waals surface area (Å²) >= 11 is 1.96. The topological polar surface area (TPSA) is 105 Å². The smallest absolute Gasteiger partial charge is 0.239 e. The van der Waals surface area contributed by atoms with Gasteiger partial charge in [0.25, 0.3) is 0 Å². The number of fused-ring (bicyclic) bond motifs is 1. The molecule has 0 bridgehead atoms. The molecule has 1 aliphatic rings. The number of aliphatic hydroxyl groups is 1. The van der Waals surface area contributed by atoms with E-state index in [2.05, 4.69) is 14.9 Å². The molecule has 0 atom stereocenters. The summed E-state index contributed by atoms with van der Waals surface area (Å²) < 4.78 is 62.6. The summed E-state index contributed by atoms with van der Waals surface area (Å²) in [5, 5.41) is 12.9. The molecule has 0 unspecified atom stereocenters. The minimum absolute atomic E-state index is 0.0699. The fourth-order valence-corrected chi connectivity index (χ4v) is 5.49. The van der Waals surface area contributed by atoms with Crippen LogP contribution < -0.4 is 4.72 Å². The number of benzene rings is 1. The van der Waals surface area contributed by atoms with Crippen molar-refractivity contribution in [1.29, 1.82) is 0 Å². The SMILES string of the molecule is Cc1onc2c(F)c(Cc3ccc(I)cc3F)c(NS(=O)(=O)C3(CCO)CC3)nc12. The number of hydrogen-bond acceptors (Lipinski definition) is 6. The fourth-order valence-electron chi connectivity index (χ4n) is 3.40. The largest absolute Gasteiger partial charge is 0.396 e. The van der Waals surface area contributed by atoms with Crippen LogP contribution >= 0.6 is 22.6 Å². The van der Waals surface area contributed by atoms with Gasteiger partial charge in [-0.2, -0.15) is 0 Å². The summed E-state index contributed by atoms with van der Waals surface area (Å²) in [6, 6.07) is 4.50. The maximum absolute atomic E-state index is 15.3. The van der Waals surface area contributed by atoms with Crippen LogP contribution in [0.25, 0.3) is 11.0 Å². The molecular formula is C19H18F2IN3O4S. The number of aliphatic hydroxyl groups excluding tert-OH is 1. The number of aromatic nitrogens is 2. The van der Waals surface area contributed by atoms with E-state index in [-0.39, 0.29) is 53.2 Å². The quantitative estimate of drug-likeness (QED) is 0.436. The van der Waals surface area contributed by atoms with E-state index < -0.39 is 26.4 Å². The molecule has 3 aromatic rings. The van der Waals surface area contributed by atoms with Gasteiger partial charge in [0.05, 0.1) is 4.75 Å². The van der Waals surface area contributed by atoms with Gasteiger partial charge in [0.2, 0.25) is 10.0 Å². The van der Waals surface area contributed by atoms with E-state index in [1.54, 1.807) is 6.07 Å². The van der Waals surface area contributed by atoms with E-state index in [4.69, 9.17) is 4.52 Å². The first-order chi connectivity index (χ1) is 14.2. The zero-order valence-electron chi connectivity index (χ0n) is 15.9. The lowest BCUT2D eigenvalue weighted by molar-refractivity contribution is 0.283. The fraction of sp³-hybridized carbons (Fsp3) is 0.368. The summed E-state index contributed by atoms with van der Waals surface area (Å²) in [6.45, 7) is 1.25. The molecule has 1 aromatic carbocycles. The van der Waals surface area contributed by atoms with Gasteiger partial charge in [-0.25, -0.2) is 22.2 Å².